The Bertz CT molecular complexity index is 990. The Balaban J connectivity index is 1.57. The van der Waals surface area contributed by atoms with Gasteiger partial charge in [0.05, 0.1) is 13.5 Å². The maximum atomic E-state index is 12.2. The Kier molecular flexibility index (Phi) is 5.84. The summed E-state index contributed by atoms with van der Waals surface area (Å²) >= 11 is 0. The molecule has 2 amide bonds. The van der Waals surface area contributed by atoms with E-state index in [1.54, 1.807) is 13.2 Å². The SMILES string of the molecule is COc1ccccc1C=CC(=O)NNC(=O)Cc1cccc2ccccc12. The predicted octanol–water partition coefficient (Wildman–Crippen LogP) is 3.25. The maximum Gasteiger partial charge on any atom is 0.262 e. The lowest BCUT2D eigenvalue weighted by Gasteiger charge is -2.08. The molecule has 0 bridgehead atoms. The Morgan fingerprint density at radius 3 is 2.52 bits per heavy atom. The molecular weight excluding hydrogens is 340 g/mol. The zero-order chi connectivity index (χ0) is 19.1. The van der Waals surface area contributed by atoms with Gasteiger partial charge in [-0.25, -0.2) is 0 Å². The van der Waals surface area contributed by atoms with Crippen LogP contribution in [0.25, 0.3) is 16.8 Å². The van der Waals surface area contributed by atoms with E-state index in [1.165, 1.54) is 6.08 Å². The first-order chi connectivity index (χ1) is 13.2. The number of hydrogen-bond acceptors (Lipinski definition) is 3. The minimum atomic E-state index is -0.424. The van der Waals surface area contributed by atoms with Gasteiger partial charge in [-0.1, -0.05) is 60.7 Å². The number of rotatable bonds is 5. The van der Waals surface area contributed by atoms with Gasteiger partial charge in [-0.2, -0.15) is 0 Å². The Labute approximate surface area is 157 Å². The molecule has 0 aliphatic rings. The highest BCUT2D eigenvalue weighted by Crippen LogP contribution is 2.19. The number of para-hydroxylation sites is 1. The summed E-state index contributed by atoms with van der Waals surface area (Å²) in [6, 6.07) is 21.1. The van der Waals surface area contributed by atoms with Crippen LogP contribution in [0.15, 0.2) is 72.8 Å². The molecule has 27 heavy (non-hydrogen) atoms. The van der Waals surface area contributed by atoms with Crippen molar-refractivity contribution in [2.45, 2.75) is 6.42 Å². The van der Waals surface area contributed by atoms with E-state index in [0.29, 0.717) is 5.75 Å². The molecule has 3 aromatic carbocycles. The number of carbonyl (C=O) groups is 2. The molecule has 0 spiro atoms. The van der Waals surface area contributed by atoms with Gasteiger partial charge in [-0.05, 0) is 28.5 Å². The normalized spacial score (nSPS) is 10.7. The standard InChI is InChI=1S/C22H20N2O3/c1-27-20-12-5-3-8-17(20)13-14-21(25)23-24-22(26)15-18-10-6-9-16-7-2-4-11-19(16)18/h2-14H,15H2,1H3,(H,23,25)(H,24,26). The molecule has 0 fully saturated rings. The van der Waals surface area contributed by atoms with E-state index >= 15 is 0 Å². The third-order valence-electron chi connectivity index (χ3n) is 4.11. The van der Waals surface area contributed by atoms with Crippen LogP contribution in [0.1, 0.15) is 11.1 Å². The average molecular weight is 360 g/mol. The van der Waals surface area contributed by atoms with Crippen molar-refractivity contribution in [3.63, 3.8) is 0 Å². The van der Waals surface area contributed by atoms with Gasteiger partial charge in [0.15, 0.2) is 0 Å². The minimum absolute atomic E-state index is 0.178. The molecule has 0 heterocycles. The summed E-state index contributed by atoms with van der Waals surface area (Å²) < 4.78 is 5.22. The van der Waals surface area contributed by atoms with Crippen LogP contribution < -0.4 is 15.6 Å². The molecule has 136 valence electrons. The number of ether oxygens (including phenoxy) is 1. The van der Waals surface area contributed by atoms with Crippen LogP contribution in [0.4, 0.5) is 0 Å². The van der Waals surface area contributed by atoms with Gasteiger partial charge in [0.2, 0.25) is 5.91 Å². The van der Waals surface area contributed by atoms with E-state index < -0.39 is 5.91 Å². The Hall–Kier alpha value is -3.60. The molecule has 0 radical (unpaired) electrons. The van der Waals surface area contributed by atoms with Crippen LogP contribution in [0.3, 0.4) is 0 Å². The number of amides is 2. The summed E-state index contributed by atoms with van der Waals surface area (Å²) in [4.78, 5) is 24.1. The lowest BCUT2D eigenvalue weighted by atomic mass is 10.0. The highest BCUT2D eigenvalue weighted by Gasteiger charge is 2.07. The van der Waals surface area contributed by atoms with Gasteiger partial charge in [-0.3, -0.25) is 20.4 Å². The number of carbonyl (C=O) groups excluding carboxylic acids is 2. The van der Waals surface area contributed by atoms with Crippen LogP contribution in [0, 0.1) is 0 Å². The molecular formula is C22H20N2O3. The molecule has 0 aliphatic carbocycles. The third-order valence-corrected chi connectivity index (χ3v) is 4.11. The molecule has 5 heteroatoms. The first-order valence-corrected chi connectivity index (χ1v) is 8.54. The van der Waals surface area contributed by atoms with Crippen molar-refractivity contribution in [1.82, 2.24) is 10.9 Å². The Morgan fingerprint density at radius 1 is 0.926 bits per heavy atom. The van der Waals surface area contributed by atoms with Gasteiger partial charge in [0.1, 0.15) is 5.75 Å². The highest BCUT2D eigenvalue weighted by molar-refractivity contribution is 5.94. The van der Waals surface area contributed by atoms with Crippen LogP contribution in [0.2, 0.25) is 0 Å². The molecule has 0 atom stereocenters. The minimum Gasteiger partial charge on any atom is -0.496 e. The van der Waals surface area contributed by atoms with Gasteiger partial charge in [0, 0.05) is 11.6 Å². The number of fused-ring (bicyclic) bond motifs is 1. The summed E-state index contributed by atoms with van der Waals surface area (Å²) in [5.41, 5.74) is 6.51. The van der Waals surface area contributed by atoms with Crippen molar-refractivity contribution in [2.24, 2.45) is 0 Å². The molecule has 0 saturated heterocycles. The fourth-order valence-electron chi connectivity index (χ4n) is 2.81. The lowest BCUT2D eigenvalue weighted by molar-refractivity contribution is -0.126. The second kappa shape index (κ2) is 8.67. The summed E-state index contributed by atoms with van der Waals surface area (Å²) in [7, 11) is 1.57. The first kappa shape index (κ1) is 18.2. The molecule has 5 nitrogen and oxygen atoms in total. The van der Waals surface area contributed by atoms with E-state index in [1.807, 2.05) is 66.7 Å². The number of nitrogens with one attached hydrogen (secondary N) is 2. The van der Waals surface area contributed by atoms with Crippen molar-refractivity contribution in [3.05, 3.63) is 83.9 Å². The summed E-state index contributed by atoms with van der Waals surface area (Å²) in [6.07, 6.45) is 3.15. The zero-order valence-electron chi connectivity index (χ0n) is 14.9. The second-order valence-electron chi connectivity index (χ2n) is 5.93. The molecule has 0 unspecified atom stereocenters. The molecule has 0 saturated carbocycles. The Morgan fingerprint density at radius 2 is 1.67 bits per heavy atom. The van der Waals surface area contributed by atoms with Gasteiger partial charge in [-0.15, -0.1) is 0 Å². The number of hydrogen-bond donors (Lipinski definition) is 2. The lowest BCUT2D eigenvalue weighted by Crippen LogP contribution is -2.41. The van der Waals surface area contributed by atoms with Crippen molar-refractivity contribution >= 4 is 28.7 Å². The van der Waals surface area contributed by atoms with E-state index in [9.17, 15) is 9.59 Å². The van der Waals surface area contributed by atoms with Crippen LogP contribution in [-0.4, -0.2) is 18.9 Å². The van der Waals surface area contributed by atoms with Gasteiger partial charge in [0.25, 0.3) is 5.91 Å². The maximum absolute atomic E-state index is 12.2. The topological polar surface area (TPSA) is 67.4 Å². The molecule has 3 aromatic rings. The van der Waals surface area contributed by atoms with E-state index in [0.717, 1.165) is 21.9 Å². The average Bonchev–Trinajstić information content (AvgIpc) is 2.71. The van der Waals surface area contributed by atoms with E-state index in [-0.39, 0.29) is 12.3 Å². The highest BCUT2D eigenvalue weighted by atomic mass is 16.5. The monoisotopic (exact) mass is 360 g/mol. The third kappa shape index (κ3) is 4.73. The zero-order valence-corrected chi connectivity index (χ0v) is 14.9. The molecule has 2 N–H and O–H groups in total. The van der Waals surface area contributed by atoms with Crippen LogP contribution in [0.5, 0.6) is 5.75 Å². The van der Waals surface area contributed by atoms with E-state index in [4.69, 9.17) is 4.74 Å². The van der Waals surface area contributed by atoms with Crippen LogP contribution >= 0.6 is 0 Å². The van der Waals surface area contributed by atoms with Gasteiger partial charge < -0.3 is 4.74 Å². The van der Waals surface area contributed by atoms with E-state index in [2.05, 4.69) is 10.9 Å². The van der Waals surface area contributed by atoms with Crippen molar-refractivity contribution in [1.29, 1.82) is 0 Å². The van der Waals surface area contributed by atoms with Crippen molar-refractivity contribution in [3.8, 4) is 5.75 Å². The van der Waals surface area contributed by atoms with Gasteiger partial charge >= 0.3 is 0 Å². The summed E-state index contributed by atoms with van der Waals surface area (Å²) in [5, 5.41) is 2.10. The predicted molar refractivity (Wildman–Crippen MR) is 106 cm³/mol. The molecule has 3 rings (SSSR count). The fraction of sp³-hybridized carbons (Fsp3) is 0.0909. The fourth-order valence-corrected chi connectivity index (χ4v) is 2.81. The largest absolute Gasteiger partial charge is 0.496 e. The number of benzene rings is 3. The van der Waals surface area contributed by atoms with Crippen molar-refractivity contribution in [2.75, 3.05) is 7.11 Å². The second-order valence-corrected chi connectivity index (χ2v) is 5.93. The molecule has 0 aliphatic heterocycles. The molecule has 0 aromatic heterocycles. The van der Waals surface area contributed by atoms with Crippen LogP contribution in [-0.2, 0) is 16.0 Å². The van der Waals surface area contributed by atoms with Crippen molar-refractivity contribution < 1.29 is 14.3 Å². The smallest absolute Gasteiger partial charge is 0.262 e. The quantitative estimate of drug-likeness (QED) is 0.542. The first-order valence-electron chi connectivity index (χ1n) is 8.54. The summed E-state index contributed by atoms with van der Waals surface area (Å²) in [6.45, 7) is 0. The number of methoxy groups -OCH3 is 1. The number of hydrazine groups is 1. The summed E-state index contributed by atoms with van der Waals surface area (Å²) in [5.74, 6) is -0.0425.